The Bertz CT molecular complexity index is 473. The summed E-state index contributed by atoms with van der Waals surface area (Å²) in [6, 6.07) is 7.79. The first-order valence-corrected chi connectivity index (χ1v) is 8.03. The van der Waals surface area contributed by atoms with Crippen molar-refractivity contribution < 1.29 is 14.3 Å². The Labute approximate surface area is 132 Å². The van der Waals surface area contributed by atoms with Gasteiger partial charge in [0.25, 0.3) is 0 Å². The molecule has 2 N–H and O–H groups in total. The smallest absolute Gasteiger partial charge is 0.315 e. The van der Waals surface area contributed by atoms with Crippen molar-refractivity contribution in [1.29, 1.82) is 0 Å². The van der Waals surface area contributed by atoms with Crippen LogP contribution in [0.25, 0.3) is 0 Å². The van der Waals surface area contributed by atoms with Gasteiger partial charge >= 0.3 is 6.03 Å². The molecule has 122 valence electrons. The molecule has 0 radical (unpaired) electrons. The van der Waals surface area contributed by atoms with E-state index in [-0.39, 0.29) is 12.1 Å². The van der Waals surface area contributed by atoms with Gasteiger partial charge in [-0.2, -0.15) is 0 Å². The lowest BCUT2D eigenvalue weighted by Gasteiger charge is -2.28. The molecule has 1 aliphatic rings. The molecule has 1 atom stereocenters. The van der Waals surface area contributed by atoms with E-state index < -0.39 is 0 Å². The van der Waals surface area contributed by atoms with Crippen LogP contribution in [0.3, 0.4) is 0 Å². The molecule has 1 aromatic rings. The number of rotatable bonds is 6. The van der Waals surface area contributed by atoms with E-state index in [1.165, 1.54) is 0 Å². The van der Waals surface area contributed by atoms with Gasteiger partial charge in [-0.05, 0) is 38.7 Å². The van der Waals surface area contributed by atoms with E-state index in [1.54, 1.807) is 0 Å². The van der Waals surface area contributed by atoms with E-state index in [0.29, 0.717) is 19.1 Å². The number of carbonyl (C=O) groups excluding carboxylic acids is 1. The van der Waals surface area contributed by atoms with Crippen molar-refractivity contribution in [2.24, 2.45) is 5.92 Å². The van der Waals surface area contributed by atoms with Gasteiger partial charge in [0.15, 0.2) is 0 Å². The van der Waals surface area contributed by atoms with Gasteiger partial charge in [-0.3, -0.25) is 0 Å². The number of urea groups is 1. The summed E-state index contributed by atoms with van der Waals surface area (Å²) in [4.78, 5) is 12.0. The lowest BCUT2D eigenvalue weighted by atomic mass is 9.93. The zero-order valence-electron chi connectivity index (χ0n) is 13.4. The average molecular weight is 306 g/mol. The molecule has 0 saturated carbocycles. The minimum atomic E-state index is -0.134. The SMILES string of the molecule is CCOc1ccccc1CNC(=O)N[C@@H](C)C1CCOCC1. The third kappa shape index (κ3) is 4.91. The molecule has 2 amide bonds. The second kappa shape index (κ2) is 8.63. The van der Waals surface area contributed by atoms with Gasteiger partial charge in [-0.25, -0.2) is 4.79 Å². The van der Waals surface area contributed by atoms with Gasteiger partial charge in [-0.1, -0.05) is 18.2 Å². The van der Waals surface area contributed by atoms with Crippen molar-refractivity contribution in [2.45, 2.75) is 39.3 Å². The van der Waals surface area contributed by atoms with Crippen LogP contribution in [-0.2, 0) is 11.3 Å². The molecule has 0 unspecified atom stereocenters. The van der Waals surface area contributed by atoms with E-state index in [2.05, 4.69) is 17.6 Å². The van der Waals surface area contributed by atoms with Crippen molar-refractivity contribution in [3.63, 3.8) is 0 Å². The second-order valence-corrected chi connectivity index (χ2v) is 5.61. The molecule has 1 saturated heterocycles. The Morgan fingerprint density at radius 3 is 2.82 bits per heavy atom. The second-order valence-electron chi connectivity index (χ2n) is 5.61. The van der Waals surface area contributed by atoms with Crippen LogP contribution in [0.15, 0.2) is 24.3 Å². The van der Waals surface area contributed by atoms with Crippen molar-refractivity contribution in [2.75, 3.05) is 19.8 Å². The highest BCUT2D eigenvalue weighted by atomic mass is 16.5. The van der Waals surface area contributed by atoms with Crippen LogP contribution in [0.4, 0.5) is 4.79 Å². The molecule has 1 heterocycles. The summed E-state index contributed by atoms with van der Waals surface area (Å²) in [5.41, 5.74) is 0.984. The molecule has 22 heavy (non-hydrogen) atoms. The third-order valence-corrected chi connectivity index (χ3v) is 4.04. The predicted octanol–water partition coefficient (Wildman–Crippen LogP) is 2.70. The number of carbonyl (C=O) groups is 1. The number of para-hydroxylation sites is 1. The lowest BCUT2D eigenvalue weighted by Crippen LogP contribution is -2.45. The summed E-state index contributed by atoms with van der Waals surface area (Å²) in [7, 11) is 0. The quantitative estimate of drug-likeness (QED) is 0.849. The van der Waals surface area contributed by atoms with Crippen LogP contribution in [0.5, 0.6) is 5.75 Å². The minimum absolute atomic E-state index is 0.134. The van der Waals surface area contributed by atoms with Crippen molar-refractivity contribution in [3.05, 3.63) is 29.8 Å². The topological polar surface area (TPSA) is 59.6 Å². The molecule has 2 rings (SSSR count). The molecule has 0 aromatic heterocycles. The van der Waals surface area contributed by atoms with Crippen LogP contribution in [0.1, 0.15) is 32.3 Å². The normalized spacial score (nSPS) is 16.8. The number of benzene rings is 1. The molecule has 1 aromatic carbocycles. The Hall–Kier alpha value is -1.75. The Morgan fingerprint density at radius 1 is 1.36 bits per heavy atom. The fraction of sp³-hybridized carbons (Fsp3) is 0.588. The molecular formula is C17H26N2O3. The minimum Gasteiger partial charge on any atom is -0.494 e. The molecule has 1 fully saturated rings. The number of hydrogen-bond donors (Lipinski definition) is 2. The third-order valence-electron chi connectivity index (χ3n) is 4.04. The van der Waals surface area contributed by atoms with Crippen molar-refractivity contribution >= 4 is 6.03 Å². The first kappa shape index (κ1) is 16.6. The molecule has 1 aliphatic heterocycles. The molecule has 0 spiro atoms. The largest absolute Gasteiger partial charge is 0.494 e. The highest BCUT2D eigenvalue weighted by Crippen LogP contribution is 2.19. The van der Waals surface area contributed by atoms with Gasteiger partial charge in [0.05, 0.1) is 6.61 Å². The van der Waals surface area contributed by atoms with Crippen molar-refractivity contribution in [1.82, 2.24) is 10.6 Å². The highest BCUT2D eigenvalue weighted by Gasteiger charge is 2.21. The molecular weight excluding hydrogens is 280 g/mol. The van der Waals surface area contributed by atoms with E-state index in [9.17, 15) is 4.79 Å². The van der Waals surface area contributed by atoms with E-state index in [0.717, 1.165) is 37.4 Å². The number of hydrogen-bond acceptors (Lipinski definition) is 3. The van der Waals surface area contributed by atoms with Crippen LogP contribution in [0.2, 0.25) is 0 Å². The van der Waals surface area contributed by atoms with Gasteiger partial charge in [0.1, 0.15) is 5.75 Å². The summed E-state index contributed by atoms with van der Waals surface area (Å²) < 4.78 is 10.9. The highest BCUT2D eigenvalue weighted by molar-refractivity contribution is 5.74. The molecule has 5 heteroatoms. The van der Waals surface area contributed by atoms with E-state index in [1.807, 2.05) is 31.2 Å². The summed E-state index contributed by atoms with van der Waals surface area (Å²) in [5, 5.41) is 5.93. The van der Waals surface area contributed by atoms with Gasteiger partial charge in [-0.15, -0.1) is 0 Å². The maximum atomic E-state index is 12.0. The fourth-order valence-corrected chi connectivity index (χ4v) is 2.71. The number of ether oxygens (including phenoxy) is 2. The fourth-order valence-electron chi connectivity index (χ4n) is 2.71. The summed E-state index contributed by atoms with van der Waals surface area (Å²) >= 11 is 0. The van der Waals surface area contributed by atoms with Gasteiger partial charge < -0.3 is 20.1 Å². The van der Waals surface area contributed by atoms with Crippen LogP contribution < -0.4 is 15.4 Å². The number of nitrogens with one attached hydrogen (secondary N) is 2. The summed E-state index contributed by atoms with van der Waals surface area (Å²) in [6.45, 7) is 6.67. The molecule has 0 aliphatic carbocycles. The van der Waals surface area contributed by atoms with Gasteiger partial charge in [0.2, 0.25) is 0 Å². The van der Waals surface area contributed by atoms with Crippen LogP contribution in [-0.4, -0.2) is 31.9 Å². The maximum absolute atomic E-state index is 12.0. The predicted molar refractivity (Wildman–Crippen MR) is 86.0 cm³/mol. The Kier molecular flexibility index (Phi) is 6.52. The van der Waals surface area contributed by atoms with Crippen LogP contribution in [0, 0.1) is 5.92 Å². The van der Waals surface area contributed by atoms with E-state index >= 15 is 0 Å². The lowest BCUT2D eigenvalue weighted by molar-refractivity contribution is 0.0571. The zero-order valence-corrected chi connectivity index (χ0v) is 13.4. The Balaban J connectivity index is 1.80. The van der Waals surface area contributed by atoms with E-state index in [4.69, 9.17) is 9.47 Å². The number of amides is 2. The zero-order chi connectivity index (χ0) is 15.8. The van der Waals surface area contributed by atoms with Crippen molar-refractivity contribution in [3.8, 4) is 5.75 Å². The monoisotopic (exact) mass is 306 g/mol. The summed E-state index contributed by atoms with van der Waals surface area (Å²) in [6.07, 6.45) is 2.02. The maximum Gasteiger partial charge on any atom is 0.315 e. The van der Waals surface area contributed by atoms with Crippen LogP contribution >= 0.6 is 0 Å². The Morgan fingerprint density at radius 2 is 2.09 bits per heavy atom. The summed E-state index contributed by atoms with van der Waals surface area (Å²) in [5.74, 6) is 1.32. The molecule has 5 nitrogen and oxygen atoms in total. The standard InChI is InChI=1S/C17H26N2O3/c1-3-22-16-7-5-4-6-15(16)12-18-17(20)19-13(2)14-8-10-21-11-9-14/h4-7,13-14H,3,8-12H2,1-2H3,(H2,18,19,20)/t13-/m0/s1. The molecule has 0 bridgehead atoms. The first-order valence-electron chi connectivity index (χ1n) is 8.03. The van der Waals surface area contributed by atoms with Gasteiger partial charge in [0, 0.05) is 31.4 Å². The first-order chi connectivity index (χ1) is 10.7. The average Bonchev–Trinajstić information content (AvgIpc) is 2.55.